The minimum atomic E-state index is -1.68. The summed E-state index contributed by atoms with van der Waals surface area (Å²) in [4.78, 5) is 0. The third-order valence-electron chi connectivity index (χ3n) is 5.27. The Kier molecular flexibility index (Phi) is 6.06. The van der Waals surface area contributed by atoms with Gasteiger partial charge in [0.05, 0.1) is 6.10 Å². The van der Waals surface area contributed by atoms with Crippen LogP contribution in [0, 0.1) is 17.8 Å². The second kappa shape index (κ2) is 6.76. The molecule has 1 N–H and O–H groups in total. The zero-order valence-electron chi connectivity index (χ0n) is 14.4. The summed E-state index contributed by atoms with van der Waals surface area (Å²) in [7, 11) is -1.68. The maximum Gasteiger partial charge on any atom is 0.191 e. The average Bonchev–Trinajstić information content (AvgIpc) is 2.48. The number of aliphatic hydroxyl groups is 1. The molecule has 0 saturated heterocycles. The Labute approximate surface area is 126 Å². The standard InChI is InChI=1S/C17H34O2Si/c1-13-8-10-15(16(18)11-9-13)14(2)12-19-20(6,7)17(3,4)5/h9,11,13-16,18H,8,10,12H2,1-7H3/t13-,14?,15-,16-/m0/s1. The molecule has 0 heterocycles. The lowest BCUT2D eigenvalue weighted by Gasteiger charge is -2.38. The lowest BCUT2D eigenvalue weighted by Crippen LogP contribution is -2.42. The summed E-state index contributed by atoms with van der Waals surface area (Å²) in [5.41, 5.74) is 0. The van der Waals surface area contributed by atoms with Crippen LogP contribution >= 0.6 is 0 Å². The van der Waals surface area contributed by atoms with Gasteiger partial charge in [-0.2, -0.15) is 0 Å². The lowest BCUT2D eigenvalue weighted by molar-refractivity contribution is 0.0830. The van der Waals surface area contributed by atoms with E-state index in [1.54, 1.807) is 0 Å². The van der Waals surface area contributed by atoms with Crippen LogP contribution < -0.4 is 0 Å². The van der Waals surface area contributed by atoms with E-state index in [9.17, 15) is 5.11 Å². The molecule has 0 amide bonds. The smallest absolute Gasteiger partial charge is 0.191 e. The third kappa shape index (κ3) is 4.71. The van der Waals surface area contributed by atoms with Gasteiger partial charge in [0, 0.05) is 6.61 Å². The summed E-state index contributed by atoms with van der Waals surface area (Å²) in [6.45, 7) is 16.6. The Balaban J connectivity index is 2.58. The van der Waals surface area contributed by atoms with Gasteiger partial charge in [-0.05, 0) is 48.7 Å². The van der Waals surface area contributed by atoms with Crippen molar-refractivity contribution in [3.05, 3.63) is 12.2 Å². The van der Waals surface area contributed by atoms with E-state index in [4.69, 9.17) is 4.43 Å². The zero-order chi connectivity index (χ0) is 15.6. The monoisotopic (exact) mass is 298 g/mol. The number of rotatable bonds is 4. The summed E-state index contributed by atoms with van der Waals surface area (Å²) in [6, 6.07) is 0. The molecule has 1 rings (SSSR count). The molecule has 2 nitrogen and oxygen atoms in total. The van der Waals surface area contributed by atoms with Crippen LogP contribution in [0.25, 0.3) is 0 Å². The maximum atomic E-state index is 10.3. The van der Waals surface area contributed by atoms with Crippen molar-refractivity contribution >= 4 is 8.32 Å². The van der Waals surface area contributed by atoms with E-state index >= 15 is 0 Å². The first-order chi connectivity index (χ1) is 9.04. The summed E-state index contributed by atoms with van der Waals surface area (Å²) in [5, 5.41) is 10.5. The van der Waals surface area contributed by atoms with E-state index in [1.807, 2.05) is 6.08 Å². The largest absolute Gasteiger partial charge is 0.417 e. The summed E-state index contributed by atoms with van der Waals surface area (Å²) in [6.07, 6.45) is 6.11. The molecule has 118 valence electrons. The molecule has 1 aliphatic carbocycles. The van der Waals surface area contributed by atoms with Gasteiger partial charge >= 0.3 is 0 Å². The molecule has 0 aliphatic heterocycles. The highest BCUT2D eigenvalue weighted by Gasteiger charge is 2.38. The van der Waals surface area contributed by atoms with E-state index in [0.29, 0.717) is 17.8 Å². The van der Waals surface area contributed by atoms with Crippen LogP contribution in [-0.2, 0) is 4.43 Å². The van der Waals surface area contributed by atoms with Gasteiger partial charge in [-0.3, -0.25) is 0 Å². The molecule has 3 heteroatoms. The van der Waals surface area contributed by atoms with Crippen LogP contribution in [-0.4, -0.2) is 26.1 Å². The Bertz CT molecular complexity index is 330. The van der Waals surface area contributed by atoms with Crippen molar-refractivity contribution in [1.82, 2.24) is 0 Å². The van der Waals surface area contributed by atoms with Crippen molar-refractivity contribution in [3.8, 4) is 0 Å². The topological polar surface area (TPSA) is 29.5 Å². The maximum absolute atomic E-state index is 10.3. The van der Waals surface area contributed by atoms with Gasteiger partial charge in [-0.25, -0.2) is 0 Å². The second-order valence-electron chi connectivity index (χ2n) is 8.14. The van der Waals surface area contributed by atoms with E-state index < -0.39 is 8.32 Å². The van der Waals surface area contributed by atoms with Gasteiger partial charge in [0.15, 0.2) is 8.32 Å². The second-order valence-corrected chi connectivity index (χ2v) is 13.0. The van der Waals surface area contributed by atoms with Crippen LogP contribution in [0.15, 0.2) is 12.2 Å². The molecular formula is C17H34O2Si. The van der Waals surface area contributed by atoms with E-state index in [1.165, 1.54) is 6.42 Å². The molecule has 0 aromatic rings. The molecule has 0 aromatic heterocycles. The first-order valence-corrected chi connectivity index (χ1v) is 11.0. The van der Waals surface area contributed by atoms with Crippen LogP contribution in [0.1, 0.15) is 47.5 Å². The van der Waals surface area contributed by atoms with Gasteiger partial charge in [0.1, 0.15) is 0 Å². The number of hydrogen-bond acceptors (Lipinski definition) is 2. The van der Waals surface area contributed by atoms with E-state index in [-0.39, 0.29) is 11.1 Å². The number of allylic oxidation sites excluding steroid dienone is 1. The molecule has 0 radical (unpaired) electrons. The Morgan fingerprint density at radius 2 is 1.85 bits per heavy atom. The van der Waals surface area contributed by atoms with Gasteiger partial charge < -0.3 is 9.53 Å². The molecule has 0 bridgehead atoms. The van der Waals surface area contributed by atoms with Crippen LogP contribution in [0.5, 0.6) is 0 Å². The lowest BCUT2D eigenvalue weighted by atomic mass is 9.86. The van der Waals surface area contributed by atoms with Crippen molar-refractivity contribution in [2.24, 2.45) is 17.8 Å². The summed E-state index contributed by atoms with van der Waals surface area (Å²) in [5.74, 6) is 1.33. The molecule has 0 saturated carbocycles. The van der Waals surface area contributed by atoms with Crippen molar-refractivity contribution in [2.75, 3.05) is 6.61 Å². The van der Waals surface area contributed by atoms with Gasteiger partial charge in [0.2, 0.25) is 0 Å². The minimum Gasteiger partial charge on any atom is -0.417 e. The van der Waals surface area contributed by atoms with Crippen molar-refractivity contribution in [1.29, 1.82) is 0 Å². The predicted molar refractivity (Wildman–Crippen MR) is 89.3 cm³/mol. The molecule has 4 atom stereocenters. The Hall–Kier alpha value is -0.123. The minimum absolute atomic E-state index is 0.253. The fourth-order valence-corrected chi connectivity index (χ4v) is 3.58. The molecular weight excluding hydrogens is 264 g/mol. The van der Waals surface area contributed by atoms with Crippen LogP contribution in [0.4, 0.5) is 0 Å². The van der Waals surface area contributed by atoms with Crippen molar-refractivity contribution in [2.45, 2.75) is 71.7 Å². The summed E-state index contributed by atoms with van der Waals surface area (Å²) >= 11 is 0. The Morgan fingerprint density at radius 3 is 2.40 bits per heavy atom. The first-order valence-electron chi connectivity index (χ1n) is 8.05. The highest BCUT2D eigenvalue weighted by atomic mass is 28.4. The van der Waals surface area contributed by atoms with Crippen molar-refractivity contribution in [3.63, 3.8) is 0 Å². The van der Waals surface area contributed by atoms with Gasteiger partial charge in [-0.15, -0.1) is 0 Å². The van der Waals surface area contributed by atoms with Gasteiger partial charge in [0.25, 0.3) is 0 Å². The molecule has 1 unspecified atom stereocenters. The summed E-state index contributed by atoms with van der Waals surface area (Å²) < 4.78 is 6.33. The average molecular weight is 299 g/mol. The fraction of sp³-hybridized carbons (Fsp3) is 0.882. The number of aliphatic hydroxyl groups excluding tert-OH is 1. The quantitative estimate of drug-likeness (QED) is 0.607. The van der Waals surface area contributed by atoms with Gasteiger partial charge in [-0.1, -0.05) is 46.8 Å². The first kappa shape index (κ1) is 17.9. The SMILES string of the molecule is CC(CO[Si](C)(C)C(C)(C)C)[C@@H]1CC[C@H](C)C=C[C@@H]1O. The van der Waals surface area contributed by atoms with Crippen LogP contribution in [0.3, 0.4) is 0 Å². The highest BCUT2D eigenvalue weighted by Crippen LogP contribution is 2.37. The normalized spacial score (nSPS) is 30.1. The molecule has 0 fully saturated rings. The molecule has 0 aromatic carbocycles. The zero-order valence-corrected chi connectivity index (χ0v) is 15.4. The molecule has 20 heavy (non-hydrogen) atoms. The predicted octanol–water partition coefficient (Wildman–Crippen LogP) is 4.61. The number of hydrogen-bond donors (Lipinski definition) is 1. The van der Waals surface area contributed by atoms with Crippen molar-refractivity contribution < 1.29 is 9.53 Å². The van der Waals surface area contributed by atoms with E-state index in [2.05, 4.69) is 53.8 Å². The van der Waals surface area contributed by atoms with Crippen LogP contribution in [0.2, 0.25) is 18.1 Å². The molecule has 0 spiro atoms. The highest BCUT2D eigenvalue weighted by molar-refractivity contribution is 6.74. The Morgan fingerprint density at radius 1 is 1.25 bits per heavy atom. The third-order valence-corrected chi connectivity index (χ3v) is 9.78. The van der Waals surface area contributed by atoms with E-state index in [0.717, 1.165) is 13.0 Å². The molecule has 1 aliphatic rings. The fourth-order valence-electron chi connectivity index (χ4n) is 2.47.